The molecule has 1 unspecified atom stereocenters. The maximum atomic E-state index is 13.1. The van der Waals surface area contributed by atoms with Gasteiger partial charge in [0.25, 0.3) is 5.91 Å². The monoisotopic (exact) mass is 355 g/mol. The second kappa shape index (κ2) is 8.49. The molecule has 0 saturated heterocycles. The fraction of sp³-hybridized carbons (Fsp3) is 0.235. The van der Waals surface area contributed by atoms with E-state index in [0.29, 0.717) is 10.8 Å². The minimum absolute atomic E-state index is 0.0757. The van der Waals surface area contributed by atoms with Gasteiger partial charge in [0.15, 0.2) is 17.7 Å². The summed E-state index contributed by atoms with van der Waals surface area (Å²) in [7, 11) is 0. The van der Waals surface area contributed by atoms with Crippen LogP contribution in [0.1, 0.15) is 6.92 Å². The zero-order valence-corrected chi connectivity index (χ0v) is 13.6. The molecule has 4 nitrogen and oxygen atoms in total. The number of rotatable bonds is 7. The fourth-order valence-corrected chi connectivity index (χ4v) is 2.03. The van der Waals surface area contributed by atoms with Crippen LogP contribution in [0.25, 0.3) is 0 Å². The summed E-state index contributed by atoms with van der Waals surface area (Å²) in [6.07, 6.45) is -0.860. The van der Waals surface area contributed by atoms with Crippen LogP contribution in [0.4, 0.5) is 8.78 Å². The van der Waals surface area contributed by atoms with Crippen molar-refractivity contribution in [3.8, 4) is 11.5 Å². The van der Waals surface area contributed by atoms with Gasteiger partial charge < -0.3 is 14.8 Å². The van der Waals surface area contributed by atoms with Crippen molar-refractivity contribution in [3.05, 3.63) is 59.1 Å². The number of hydrogen-bond donors (Lipinski definition) is 1. The van der Waals surface area contributed by atoms with Crippen molar-refractivity contribution in [2.75, 3.05) is 13.2 Å². The molecule has 2 aromatic rings. The van der Waals surface area contributed by atoms with E-state index in [1.54, 1.807) is 24.3 Å². The molecule has 0 aliphatic heterocycles. The van der Waals surface area contributed by atoms with Crippen molar-refractivity contribution in [2.45, 2.75) is 13.0 Å². The number of benzene rings is 2. The van der Waals surface area contributed by atoms with Crippen molar-refractivity contribution >= 4 is 17.5 Å². The molecule has 2 rings (SSSR count). The molecule has 0 heterocycles. The number of halogens is 3. The van der Waals surface area contributed by atoms with Crippen molar-refractivity contribution < 1.29 is 23.0 Å². The molecule has 128 valence electrons. The molecular formula is C17H16ClF2NO3. The highest BCUT2D eigenvalue weighted by atomic mass is 35.5. The highest BCUT2D eigenvalue weighted by Crippen LogP contribution is 2.17. The van der Waals surface area contributed by atoms with E-state index in [1.165, 1.54) is 13.0 Å². The van der Waals surface area contributed by atoms with Gasteiger partial charge in [-0.2, -0.15) is 0 Å². The van der Waals surface area contributed by atoms with Gasteiger partial charge in [-0.25, -0.2) is 8.78 Å². The molecule has 0 spiro atoms. The van der Waals surface area contributed by atoms with Crippen LogP contribution in [0, 0.1) is 11.6 Å². The third-order valence-corrected chi connectivity index (χ3v) is 3.27. The molecule has 0 fully saturated rings. The smallest absolute Gasteiger partial charge is 0.260 e. The van der Waals surface area contributed by atoms with Gasteiger partial charge in [-0.3, -0.25) is 4.79 Å². The zero-order chi connectivity index (χ0) is 17.5. The molecule has 24 heavy (non-hydrogen) atoms. The largest absolute Gasteiger partial charge is 0.492 e. The molecule has 1 N–H and O–H groups in total. The minimum Gasteiger partial charge on any atom is -0.492 e. The Labute approximate surface area is 143 Å². The number of carbonyl (C=O) groups excluding carboxylic acids is 1. The van der Waals surface area contributed by atoms with Crippen LogP contribution in [0.15, 0.2) is 42.5 Å². The minimum atomic E-state index is -1.03. The van der Waals surface area contributed by atoms with E-state index < -0.39 is 23.6 Å². The first-order chi connectivity index (χ1) is 11.5. The van der Waals surface area contributed by atoms with Gasteiger partial charge in [0, 0.05) is 11.1 Å². The van der Waals surface area contributed by atoms with Gasteiger partial charge >= 0.3 is 0 Å². The van der Waals surface area contributed by atoms with Gasteiger partial charge in [0.1, 0.15) is 18.1 Å². The first-order valence-electron chi connectivity index (χ1n) is 7.23. The van der Waals surface area contributed by atoms with E-state index in [-0.39, 0.29) is 18.9 Å². The van der Waals surface area contributed by atoms with Crippen LogP contribution in [0.5, 0.6) is 11.5 Å². The van der Waals surface area contributed by atoms with Gasteiger partial charge in [0.05, 0.1) is 6.54 Å². The van der Waals surface area contributed by atoms with Crippen LogP contribution in [0.3, 0.4) is 0 Å². The molecule has 1 atom stereocenters. The number of carbonyl (C=O) groups is 1. The molecule has 0 aliphatic carbocycles. The first kappa shape index (κ1) is 18.0. The van der Waals surface area contributed by atoms with Crippen molar-refractivity contribution in [1.29, 1.82) is 0 Å². The average molecular weight is 356 g/mol. The van der Waals surface area contributed by atoms with Crippen LogP contribution in [-0.4, -0.2) is 25.2 Å². The predicted molar refractivity (Wildman–Crippen MR) is 86.4 cm³/mol. The third kappa shape index (κ3) is 5.38. The van der Waals surface area contributed by atoms with Gasteiger partial charge in [0.2, 0.25) is 0 Å². The highest BCUT2D eigenvalue weighted by Gasteiger charge is 2.15. The van der Waals surface area contributed by atoms with Gasteiger partial charge in [-0.1, -0.05) is 17.7 Å². The molecule has 0 radical (unpaired) electrons. The number of ether oxygens (including phenoxy) is 2. The van der Waals surface area contributed by atoms with E-state index in [2.05, 4.69) is 5.32 Å². The lowest BCUT2D eigenvalue weighted by atomic mass is 10.3. The van der Waals surface area contributed by atoms with Crippen LogP contribution >= 0.6 is 11.6 Å². The summed E-state index contributed by atoms with van der Waals surface area (Å²) >= 11 is 5.83. The maximum absolute atomic E-state index is 13.1. The summed E-state index contributed by atoms with van der Waals surface area (Å²) in [4.78, 5) is 11.9. The van der Waals surface area contributed by atoms with Gasteiger partial charge in [-0.15, -0.1) is 0 Å². The van der Waals surface area contributed by atoms with Gasteiger partial charge in [-0.05, 0) is 37.3 Å². The van der Waals surface area contributed by atoms with Crippen molar-refractivity contribution in [2.24, 2.45) is 0 Å². The highest BCUT2D eigenvalue weighted by molar-refractivity contribution is 6.30. The number of hydrogen-bond acceptors (Lipinski definition) is 3. The molecular weight excluding hydrogens is 340 g/mol. The number of nitrogens with one attached hydrogen (secondary N) is 1. The maximum Gasteiger partial charge on any atom is 0.260 e. The lowest BCUT2D eigenvalue weighted by Crippen LogP contribution is -2.38. The Hall–Kier alpha value is -2.34. The zero-order valence-electron chi connectivity index (χ0n) is 12.9. The predicted octanol–water partition coefficient (Wildman–Crippen LogP) is 3.58. The van der Waals surface area contributed by atoms with Crippen molar-refractivity contribution in [3.63, 3.8) is 0 Å². The summed E-state index contributed by atoms with van der Waals surface area (Å²) in [5.41, 5.74) is 0. The Morgan fingerprint density at radius 3 is 2.67 bits per heavy atom. The molecule has 0 aromatic heterocycles. The normalized spacial score (nSPS) is 11.7. The summed E-state index contributed by atoms with van der Waals surface area (Å²) in [6.45, 7) is 2.02. The lowest BCUT2D eigenvalue weighted by molar-refractivity contribution is -0.127. The molecule has 7 heteroatoms. The quantitative estimate of drug-likeness (QED) is 0.772. The molecule has 1 amide bonds. The Kier molecular flexibility index (Phi) is 6.37. The average Bonchev–Trinajstić information content (AvgIpc) is 2.55. The third-order valence-electron chi connectivity index (χ3n) is 3.04. The standard InChI is InChI=1S/C17H16ClF2NO3/c1-11(24-14-5-6-15(19)16(20)10-14)17(22)21-7-8-23-13-4-2-3-12(18)9-13/h2-6,9-11H,7-8H2,1H3,(H,21,22). The van der Waals surface area contributed by atoms with E-state index >= 15 is 0 Å². The Balaban J connectivity index is 1.74. The van der Waals surface area contributed by atoms with E-state index in [9.17, 15) is 13.6 Å². The first-order valence-corrected chi connectivity index (χ1v) is 7.61. The lowest BCUT2D eigenvalue weighted by Gasteiger charge is -2.15. The second-order valence-corrected chi connectivity index (χ2v) is 5.37. The Bertz CT molecular complexity index is 712. The molecule has 2 aromatic carbocycles. The summed E-state index contributed by atoms with van der Waals surface area (Å²) in [5.74, 6) is -1.73. The molecule has 0 bridgehead atoms. The van der Waals surface area contributed by atoms with E-state index in [1.807, 2.05) is 0 Å². The van der Waals surface area contributed by atoms with Crippen LogP contribution in [-0.2, 0) is 4.79 Å². The van der Waals surface area contributed by atoms with Crippen molar-refractivity contribution in [1.82, 2.24) is 5.32 Å². The van der Waals surface area contributed by atoms with E-state index in [0.717, 1.165) is 12.1 Å². The summed E-state index contributed by atoms with van der Waals surface area (Å²) in [5, 5.41) is 3.18. The Morgan fingerprint density at radius 1 is 1.17 bits per heavy atom. The second-order valence-electron chi connectivity index (χ2n) is 4.93. The number of amides is 1. The fourth-order valence-electron chi connectivity index (χ4n) is 1.85. The van der Waals surface area contributed by atoms with Crippen LogP contribution < -0.4 is 14.8 Å². The summed E-state index contributed by atoms with van der Waals surface area (Å²) in [6, 6.07) is 9.99. The van der Waals surface area contributed by atoms with Crippen LogP contribution in [0.2, 0.25) is 5.02 Å². The molecule has 0 aliphatic rings. The Morgan fingerprint density at radius 2 is 1.96 bits per heavy atom. The summed E-state index contributed by atoms with van der Waals surface area (Å²) < 4.78 is 36.6. The van der Waals surface area contributed by atoms with E-state index in [4.69, 9.17) is 21.1 Å². The SMILES string of the molecule is CC(Oc1ccc(F)c(F)c1)C(=O)NCCOc1cccc(Cl)c1. The molecule has 0 saturated carbocycles. The topological polar surface area (TPSA) is 47.6 Å².